The number of hydrogen-bond acceptors (Lipinski definition) is 4. The molecule has 20 heavy (non-hydrogen) atoms. The fourth-order valence-corrected chi connectivity index (χ4v) is 2.22. The van der Waals surface area contributed by atoms with Gasteiger partial charge in [-0.3, -0.25) is 0 Å². The van der Waals surface area contributed by atoms with Crippen LogP contribution < -0.4 is 5.32 Å². The lowest BCUT2D eigenvalue weighted by Gasteiger charge is -2.08. The van der Waals surface area contributed by atoms with Gasteiger partial charge in [0.15, 0.2) is 11.6 Å². The van der Waals surface area contributed by atoms with E-state index in [-0.39, 0.29) is 5.82 Å². The van der Waals surface area contributed by atoms with Crippen molar-refractivity contribution in [1.29, 1.82) is 0 Å². The standard InChI is InChI=1S/C14H20FN5/c1-5-7-16-14-17-8-12(15)13(18-14)20-10(4)11(6-2)9(3)19-20/h8H,5-7H2,1-4H3,(H,16,17,18). The Balaban J connectivity index is 2.46. The smallest absolute Gasteiger partial charge is 0.224 e. The van der Waals surface area contributed by atoms with Gasteiger partial charge in [0.25, 0.3) is 0 Å². The first-order valence-corrected chi connectivity index (χ1v) is 6.90. The third kappa shape index (κ3) is 2.64. The normalized spacial score (nSPS) is 10.8. The van der Waals surface area contributed by atoms with E-state index in [9.17, 15) is 4.39 Å². The predicted octanol–water partition coefficient (Wildman–Crippen LogP) is 2.80. The first-order chi connectivity index (χ1) is 9.58. The Morgan fingerprint density at radius 3 is 2.65 bits per heavy atom. The van der Waals surface area contributed by atoms with E-state index in [1.165, 1.54) is 6.20 Å². The van der Waals surface area contributed by atoms with Crippen LogP contribution in [0.15, 0.2) is 6.20 Å². The summed E-state index contributed by atoms with van der Waals surface area (Å²) in [5, 5.41) is 7.45. The minimum Gasteiger partial charge on any atom is -0.354 e. The first-order valence-electron chi connectivity index (χ1n) is 6.90. The Hall–Kier alpha value is -1.98. The number of nitrogens with zero attached hydrogens (tertiary/aromatic N) is 4. The van der Waals surface area contributed by atoms with Crippen molar-refractivity contribution in [2.45, 2.75) is 40.5 Å². The highest BCUT2D eigenvalue weighted by Crippen LogP contribution is 2.19. The average molecular weight is 277 g/mol. The van der Waals surface area contributed by atoms with E-state index in [1.807, 2.05) is 20.8 Å². The van der Waals surface area contributed by atoms with Crippen molar-refractivity contribution < 1.29 is 4.39 Å². The zero-order chi connectivity index (χ0) is 14.7. The Morgan fingerprint density at radius 1 is 1.30 bits per heavy atom. The number of aryl methyl sites for hydroxylation is 1. The lowest BCUT2D eigenvalue weighted by Crippen LogP contribution is -2.11. The van der Waals surface area contributed by atoms with Crippen LogP contribution in [0.5, 0.6) is 0 Å². The first kappa shape index (κ1) is 14.4. The second kappa shape index (κ2) is 5.98. The summed E-state index contributed by atoms with van der Waals surface area (Å²) in [6.45, 7) is 8.72. The molecule has 0 spiro atoms. The van der Waals surface area contributed by atoms with Crippen LogP contribution in [0, 0.1) is 19.7 Å². The quantitative estimate of drug-likeness (QED) is 0.913. The highest BCUT2D eigenvalue weighted by atomic mass is 19.1. The average Bonchev–Trinajstić information content (AvgIpc) is 2.72. The third-order valence-corrected chi connectivity index (χ3v) is 3.25. The molecule has 2 heterocycles. The van der Waals surface area contributed by atoms with Crippen molar-refractivity contribution >= 4 is 5.95 Å². The van der Waals surface area contributed by atoms with Crippen LogP contribution in [-0.4, -0.2) is 26.3 Å². The zero-order valence-corrected chi connectivity index (χ0v) is 12.4. The number of anilines is 1. The maximum atomic E-state index is 14.0. The summed E-state index contributed by atoms with van der Waals surface area (Å²) in [4.78, 5) is 8.18. The van der Waals surface area contributed by atoms with Gasteiger partial charge in [0.05, 0.1) is 11.9 Å². The van der Waals surface area contributed by atoms with Gasteiger partial charge >= 0.3 is 0 Å². The molecule has 6 heteroatoms. The molecule has 0 radical (unpaired) electrons. The summed E-state index contributed by atoms with van der Waals surface area (Å²) in [5.41, 5.74) is 2.96. The number of rotatable bonds is 5. The van der Waals surface area contributed by atoms with E-state index >= 15 is 0 Å². The van der Waals surface area contributed by atoms with Crippen molar-refractivity contribution in [1.82, 2.24) is 19.7 Å². The van der Waals surface area contributed by atoms with Gasteiger partial charge in [-0.1, -0.05) is 13.8 Å². The molecule has 0 aliphatic carbocycles. The molecule has 0 amide bonds. The molecule has 2 aromatic heterocycles. The van der Waals surface area contributed by atoms with Crippen molar-refractivity contribution in [3.8, 4) is 5.82 Å². The monoisotopic (exact) mass is 277 g/mol. The molecule has 0 unspecified atom stereocenters. The van der Waals surface area contributed by atoms with Gasteiger partial charge in [-0.05, 0) is 32.3 Å². The molecule has 0 fully saturated rings. The molecule has 2 aromatic rings. The number of nitrogens with one attached hydrogen (secondary N) is 1. The topological polar surface area (TPSA) is 55.6 Å². The summed E-state index contributed by atoms with van der Waals surface area (Å²) >= 11 is 0. The lowest BCUT2D eigenvalue weighted by molar-refractivity contribution is 0.590. The minimum absolute atomic E-state index is 0.193. The van der Waals surface area contributed by atoms with Gasteiger partial charge in [-0.15, -0.1) is 0 Å². The van der Waals surface area contributed by atoms with Gasteiger partial charge in [0, 0.05) is 12.2 Å². The molecule has 0 saturated heterocycles. The molecule has 0 aliphatic rings. The Kier molecular flexibility index (Phi) is 4.32. The van der Waals surface area contributed by atoms with Crippen molar-refractivity contribution in [2.24, 2.45) is 0 Å². The fourth-order valence-electron chi connectivity index (χ4n) is 2.22. The van der Waals surface area contributed by atoms with Crippen LogP contribution in [0.25, 0.3) is 5.82 Å². The molecule has 0 saturated carbocycles. The summed E-state index contributed by atoms with van der Waals surface area (Å²) in [5.74, 6) is 0.146. The lowest BCUT2D eigenvalue weighted by atomic mass is 10.1. The van der Waals surface area contributed by atoms with E-state index in [0.29, 0.717) is 5.95 Å². The predicted molar refractivity (Wildman–Crippen MR) is 76.7 cm³/mol. The van der Waals surface area contributed by atoms with Crippen LogP contribution in [0.4, 0.5) is 10.3 Å². The summed E-state index contributed by atoms with van der Waals surface area (Å²) in [6.07, 6.45) is 3.00. The summed E-state index contributed by atoms with van der Waals surface area (Å²) < 4.78 is 15.5. The van der Waals surface area contributed by atoms with E-state index in [4.69, 9.17) is 0 Å². The molecule has 0 aliphatic heterocycles. The second-order valence-corrected chi connectivity index (χ2v) is 4.71. The SMILES string of the molecule is CCCNc1ncc(F)c(-n2nc(C)c(CC)c2C)n1. The van der Waals surface area contributed by atoms with Crippen LogP contribution in [0.3, 0.4) is 0 Å². The Morgan fingerprint density at radius 2 is 2.05 bits per heavy atom. The molecule has 108 valence electrons. The number of hydrogen-bond donors (Lipinski definition) is 1. The van der Waals surface area contributed by atoms with Crippen molar-refractivity contribution in [3.05, 3.63) is 29.0 Å². The molecule has 2 rings (SSSR count). The Bertz CT molecular complexity index is 606. The van der Waals surface area contributed by atoms with Gasteiger partial charge in [-0.25, -0.2) is 14.1 Å². The van der Waals surface area contributed by atoms with Gasteiger partial charge in [0.1, 0.15) is 0 Å². The van der Waals surface area contributed by atoms with E-state index < -0.39 is 5.82 Å². The Labute approximate surface area is 118 Å². The number of halogens is 1. The van der Waals surface area contributed by atoms with E-state index in [0.717, 1.165) is 36.3 Å². The highest BCUT2D eigenvalue weighted by molar-refractivity contribution is 5.37. The van der Waals surface area contributed by atoms with Crippen LogP contribution in [0.2, 0.25) is 0 Å². The molecule has 0 atom stereocenters. The second-order valence-electron chi connectivity index (χ2n) is 4.71. The largest absolute Gasteiger partial charge is 0.354 e. The highest BCUT2D eigenvalue weighted by Gasteiger charge is 2.16. The summed E-state index contributed by atoms with van der Waals surface area (Å²) in [6, 6.07) is 0. The molecule has 0 bridgehead atoms. The minimum atomic E-state index is -0.472. The molecule has 1 N–H and O–H groups in total. The fraction of sp³-hybridized carbons (Fsp3) is 0.500. The van der Waals surface area contributed by atoms with E-state index in [1.54, 1.807) is 4.68 Å². The third-order valence-electron chi connectivity index (χ3n) is 3.25. The van der Waals surface area contributed by atoms with E-state index in [2.05, 4.69) is 27.3 Å². The van der Waals surface area contributed by atoms with Crippen LogP contribution in [0.1, 0.15) is 37.2 Å². The molecule has 5 nitrogen and oxygen atoms in total. The van der Waals surface area contributed by atoms with Gasteiger partial charge in [-0.2, -0.15) is 10.1 Å². The van der Waals surface area contributed by atoms with Crippen LogP contribution in [-0.2, 0) is 6.42 Å². The molecule has 0 aromatic carbocycles. The van der Waals surface area contributed by atoms with Crippen molar-refractivity contribution in [2.75, 3.05) is 11.9 Å². The molecular weight excluding hydrogens is 257 g/mol. The molecular formula is C14H20FN5. The maximum Gasteiger partial charge on any atom is 0.224 e. The van der Waals surface area contributed by atoms with Gasteiger partial charge in [0.2, 0.25) is 5.95 Å². The number of aromatic nitrogens is 4. The summed E-state index contributed by atoms with van der Waals surface area (Å²) in [7, 11) is 0. The van der Waals surface area contributed by atoms with Crippen LogP contribution >= 0.6 is 0 Å². The van der Waals surface area contributed by atoms with Gasteiger partial charge < -0.3 is 5.32 Å². The van der Waals surface area contributed by atoms with Crippen molar-refractivity contribution in [3.63, 3.8) is 0 Å². The maximum absolute atomic E-state index is 14.0. The zero-order valence-electron chi connectivity index (χ0n) is 12.4.